The van der Waals surface area contributed by atoms with Crippen LogP contribution in [0.3, 0.4) is 0 Å². The average Bonchev–Trinajstić information content (AvgIpc) is 4.33. The molecule has 382 valence electrons. The number of nitrogens with one attached hydrogen (secondary N) is 1. The zero-order valence-electron chi connectivity index (χ0n) is 44.0. The van der Waals surface area contributed by atoms with Gasteiger partial charge in [-0.05, 0) is 181 Å². The summed E-state index contributed by atoms with van der Waals surface area (Å²) in [6, 6.07) is 36.5. The normalized spacial score (nSPS) is 28.3. The summed E-state index contributed by atoms with van der Waals surface area (Å²) in [4.78, 5) is 15.5. The van der Waals surface area contributed by atoms with Crippen molar-refractivity contribution in [1.29, 1.82) is 0 Å². The van der Waals surface area contributed by atoms with Crippen molar-refractivity contribution >= 4 is 56.9 Å². The van der Waals surface area contributed by atoms with E-state index in [9.17, 15) is 0 Å². The molecule has 7 unspecified atom stereocenters. The Morgan fingerprint density at radius 2 is 1.56 bits per heavy atom. The number of aliphatic imine (C=N–C) groups is 1. The molecule has 11 aliphatic rings. The molecular weight excluding hydrogens is 975 g/mol. The molecule has 4 aliphatic heterocycles. The Labute approximate surface area is 462 Å². The van der Waals surface area contributed by atoms with Crippen molar-refractivity contribution in [2.24, 2.45) is 16.8 Å². The van der Waals surface area contributed by atoms with Crippen LogP contribution >= 0.6 is 23.5 Å². The first kappa shape index (κ1) is 46.6. The van der Waals surface area contributed by atoms with E-state index in [1.165, 1.54) is 125 Å². The quantitative estimate of drug-likeness (QED) is 0.176. The molecule has 16 rings (SSSR count). The first-order chi connectivity index (χ1) is 38.1. The fraction of sp³-hybridized carbons (Fsp3) is 0.300. The molecule has 0 spiro atoms. The van der Waals surface area contributed by atoms with Gasteiger partial charge in [-0.3, -0.25) is 5.32 Å². The van der Waals surface area contributed by atoms with E-state index < -0.39 is 0 Å². The van der Waals surface area contributed by atoms with Crippen LogP contribution in [0.25, 0.3) is 27.5 Å². The Hall–Kier alpha value is -6.51. The summed E-state index contributed by atoms with van der Waals surface area (Å²) < 4.78 is 2.53. The third-order valence-electron chi connectivity index (χ3n) is 18.9. The van der Waals surface area contributed by atoms with E-state index in [1.54, 1.807) is 16.8 Å². The summed E-state index contributed by atoms with van der Waals surface area (Å²) in [7, 11) is 2.27. The summed E-state index contributed by atoms with van der Waals surface area (Å²) in [5, 5.41) is 7.26. The zero-order valence-corrected chi connectivity index (χ0v) is 45.6. The first-order valence-corrected chi connectivity index (χ1v) is 30.6. The highest BCUT2D eigenvalue weighted by Crippen LogP contribution is 2.60. The minimum Gasteiger partial charge on any atom is -0.340 e. The van der Waals surface area contributed by atoms with Gasteiger partial charge in [0, 0.05) is 73.3 Å². The average molecular weight is 1040 g/mol. The van der Waals surface area contributed by atoms with Crippen molar-refractivity contribution in [2.75, 3.05) is 7.05 Å². The maximum atomic E-state index is 5.79. The fourth-order valence-corrected chi connectivity index (χ4v) is 17.9. The second-order valence-corrected chi connectivity index (χ2v) is 25.6. The number of likely N-dealkylation sites (N-methyl/N-ethyl adjacent to an activating group) is 1. The van der Waals surface area contributed by atoms with Crippen LogP contribution < -0.4 is 5.32 Å². The molecule has 0 radical (unpaired) electrons. The van der Waals surface area contributed by atoms with Crippen LogP contribution in [0.15, 0.2) is 240 Å². The molecule has 7 atom stereocenters. The number of amidine groups is 1. The number of benzene rings is 4. The maximum absolute atomic E-state index is 5.79. The minimum atomic E-state index is -0.189. The number of allylic oxidation sites excluding steroid dienone is 17. The Morgan fingerprint density at radius 3 is 2.42 bits per heavy atom. The predicted molar refractivity (Wildman–Crippen MR) is 322 cm³/mol. The van der Waals surface area contributed by atoms with Gasteiger partial charge in [0.05, 0.1) is 17.1 Å². The Morgan fingerprint density at radius 1 is 0.701 bits per heavy atom. The lowest BCUT2D eigenvalue weighted by Crippen LogP contribution is -2.46. The van der Waals surface area contributed by atoms with Crippen molar-refractivity contribution in [3.8, 4) is 0 Å². The summed E-state index contributed by atoms with van der Waals surface area (Å²) in [5.74, 6) is 2.40. The van der Waals surface area contributed by atoms with E-state index in [1.807, 2.05) is 0 Å². The van der Waals surface area contributed by atoms with Gasteiger partial charge in [0.15, 0.2) is 0 Å². The van der Waals surface area contributed by atoms with E-state index in [0.717, 1.165) is 57.2 Å². The van der Waals surface area contributed by atoms with Crippen molar-refractivity contribution in [1.82, 2.24) is 19.7 Å². The maximum Gasteiger partial charge on any atom is 0.134 e. The van der Waals surface area contributed by atoms with Crippen molar-refractivity contribution in [3.63, 3.8) is 0 Å². The summed E-state index contributed by atoms with van der Waals surface area (Å²) in [5.41, 5.74) is 21.5. The van der Waals surface area contributed by atoms with Gasteiger partial charge < -0.3 is 14.4 Å². The third-order valence-corrected chi connectivity index (χ3v) is 21.6. The molecule has 1 saturated heterocycles. The van der Waals surface area contributed by atoms with E-state index in [-0.39, 0.29) is 12.3 Å². The summed E-state index contributed by atoms with van der Waals surface area (Å²) in [6.45, 7) is 0. The van der Waals surface area contributed by atoms with Crippen LogP contribution in [0.1, 0.15) is 118 Å². The molecule has 5 heterocycles. The monoisotopic (exact) mass is 1040 g/mol. The largest absolute Gasteiger partial charge is 0.340 e. The predicted octanol–water partition coefficient (Wildman–Crippen LogP) is 17.4. The lowest BCUT2D eigenvalue weighted by Gasteiger charge is -2.41. The molecule has 77 heavy (non-hydrogen) atoms. The van der Waals surface area contributed by atoms with Crippen molar-refractivity contribution in [3.05, 3.63) is 247 Å². The van der Waals surface area contributed by atoms with E-state index in [4.69, 9.17) is 4.99 Å². The van der Waals surface area contributed by atoms with Crippen LogP contribution in [-0.2, 0) is 0 Å². The van der Waals surface area contributed by atoms with Crippen LogP contribution in [0.5, 0.6) is 0 Å². The Kier molecular flexibility index (Phi) is 11.4. The van der Waals surface area contributed by atoms with Crippen molar-refractivity contribution < 1.29 is 0 Å². The van der Waals surface area contributed by atoms with Gasteiger partial charge in [-0.15, -0.1) is 11.8 Å². The molecule has 7 heteroatoms. The highest BCUT2D eigenvalue weighted by molar-refractivity contribution is 8.07. The molecular formula is C70H65N5S2. The van der Waals surface area contributed by atoms with Crippen LogP contribution in [0.2, 0.25) is 0 Å². The number of rotatable bonds is 7. The SMILES string of the molecule is CN1C(C2=C(C3=CCC4Sc5cc6c(cc5C4C3)c3ccccc3n6C3=CCCC=C3)CCC(C3=CC=C4SC5=CC6C(C=C5C4C3)C3=C(C=CCC3)N6C3=CCCCC3)=C2)=NC(c2ccccc2)NC1c1ccccc1. The molecule has 5 aromatic rings. The lowest BCUT2D eigenvalue weighted by molar-refractivity contribution is 0.257. The Bertz CT molecular complexity index is 3770. The van der Waals surface area contributed by atoms with Crippen LogP contribution in [-0.4, -0.2) is 38.5 Å². The number of nitrogens with zero attached hydrogens (tertiary/aromatic N) is 4. The van der Waals surface area contributed by atoms with Gasteiger partial charge in [-0.25, -0.2) is 4.99 Å². The zero-order chi connectivity index (χ0) is 50.7. The Balaban J connectivity index is 0.779. The third kappa shape index (κ3) is 7.72. The highest BCUT2D eigenvalue weighted by Gasteiger charge is 2.46. The number of thioether (sulfide) groups is 2. The summed E-state index contributed by atoms with van der Waals surface area (Å²) >= 11 is 4.19. The molecule has 0 bridgehead atoms. The van der Waals surface area contributed by atoms with Crippen molar-refractivity contribution in [2.45, 2.75) is 118 Å². The summed E-state index contributed by atoms with van der Waals surface area (Å²) in [6.07, 6.45) is 44.8. The molecule has 5 nitrogen and oxygen atoms in total. The second kappa shape index (κ2) is 18.9. The van der Waals surface area contributed by atoms with Gasteiger partial charge in [-0.1, -0.05) is 139 Å². The van der Waals surface area contributed by atoms with Crippen LogP contribution in [0.4, 0.5) is 0 Å². The first-order valence-electron chi connectivity index (χ1n) is 28.9. The molecule has 1 N–H and O–H groups in total. The van der Waals surface area contributed by atoms with E-state index >= 15 is 0 Å². The van der Waals surface area contributed by atoms with E-state index in [0.29, 0.717) is 29.0 Å². The molecule has 7 aliphatic carbocycles. The molecule has 4 aromatic carbocycles. The smallest absolute Gasteiger partial charge is 0.134 e. The number of hydrogen-bond donors (Lipinski definition) is 1. The number of aromatic nitrogens is 1. The van der Waals surface area contributed by atoms with Gasteiger partial charge in [0.1, 0.15) is 18.2 Å². The molecule has 1 fully saturated rings. The lowest BCUT2D eigenvalue weighted by atomic mass is 9.74. The number of fused-ring (bicyclic) bond motifs is 11. The van der Waals surface area contributed by atoms with Gasteiger partial charge >= 0.3 is 0 Å². The minimum absolute atomic E-state index is 0.0490. The highest BCUT2D eigenvalue weighted by atomic mass is 32.2. The number of hydrogen-bond acceptors (Lipinski definition) is 6. The van der Waals surface area contributed by atoms with Crippen LogP contribution in [0, 0.1) is 11.8 Å². The second-order valence-electron chi connectivity index (χ2n) is 23.2. The fourth-order valence-electron chi connectivity index (χ4n) is 15.2. The van der Waals surface area contributed by atoms with Gasteiger partial charge in [0.2, 0.25) is 0 Å². The standard InChI is InChI=1S/C70H65N5S2/c1-73-69(44-20-8-3-9-21-44)71-68(43-18-6-2-7-19-43)72-70(73)59-37-45(46-31-34-64-55(36-46)57-39-53-51-26-14-16-28-60(51)74(48-22-10-4-11-23-48)62(53)41-66(57)76-64)30-33-50(59)47-32-35-65-56(38-47)58-40-54-52-27-15-17-29-61(52)75(49-24-12-5-13-25-49)63(54)42-67(58)77-65/h2-3,6-9,12,15-22,24-25,27-29,31-32,34,37,39-42,53,55-56,62,65,68-69,71H,4-5,10-11,13-14,23,26,30,33,35-36,38H2,1H3. The topological polar surface area (TPSA) is 35.8 Å². The molecule has 0 amide bonds. The van der Waals surface area contributed by atoms with E-state index in [2.05, 4.69) is 220 Å². The number of para-hydroxylation sites is 1. The molecule has 1 aromatic heterocycles. The van der Waals surface area contributed by atoms with Gasteiger partial charge in [0.25, 0.3) is 0 Å². The molecule has 0 saturated carbocycles. The van der Waals surface area contributed by atoms with Gasteiger partial charge in [-0.2, -0.15) is 0 Å².